The number of benzene rings is 3. The number of halogens is 1. The Bertz CT molecular complexity index is 1360. The molecule has 5 nitrogen and oxygen atoms in total. The molecular formula is C30H29BrN2O3S. The highest BCUT2D eigenvalue weighted by Gasteiger charge is 2.24. The fourth-order valence-corrected chi connectivity index (χ4v) is 5.04. The van der Waals surface area contributed by atoms with Crippen molar-refractivity contribution in [2.24, 2.45) is 4.99 Å². The van der Waals surface area contributed by atoms with E-state index in [9.17, 15) is 4.79 Å². The Labute approximate surface area is 230 Å². The first-order valence-electron chi connectivity index (χ1n) is 12.0. The number of nitrogens with zero attached hydrogens (tertiary/aromatic N) is 1. The van der Waals surface area contributed by atoms with E-state index >= 15 is 0 Å². The molecule has 3 aromatic carbocycles. The molecule has 1 amide bonds. The molecule has 190 valence electrons. The molecule has 1 saturated heterocycles. The summed E-state index contributed by atoms with van der Waals surface area (Å²) < 4.78 is 13.2. The zero-order chi connectivity index (χ0) is 26.4. The summed E-state index contributed by atoms with van der Waals surface area (Å²) in [6, 6.07) is 17.9. The van der Waals surface area contributed by atoms with Crippen molar-refractivity contribution in [2.75, 3.05) is 6.61 Å². The zero-order valence-electron chi connectivity index (χ0n) is 21.1. The molecule has 0 aromatic heterocycles. The Morgan fingerprint density at radius 3 is 2.49 bits per heavy atom. The minimum absolute atomic E-state index is 0.179. The summed E-state index contributed by atoms with van der Waals surface area (Å²) in [5.74, 6) is 1.16. The van der Waals surface area contributed by atoms with Crippen molar-refractivity contribution in [3.05, 3.63) is 104 Å². The molecule has 1 aliphatic rings. The molecule has 1 heterocycles. The van der Waals surface area contributed by atoms with Crippen LogP contribution in [0.15, 0.2) is 81.6 Å². The number of carbonyl (C=O) groups is 1. The lowest BCUT2D eigenvalue weighted by Crippen LogP contribution is -2.19. The smallest absolute Gasteiger partial charge is 0.264 e. The summed E-state index contributed by atoms with van der Waals surface area (Å²) in [6.45, 7) is 10.8. The molecule has 1 N–H and O–H groups in total. The van der Waals surface area contributed by atoms with Gasteiger partial charge < -0.3 is 14.8 Å². The van der Waals surface area contributed by atoms with E-state index in [1.54, 1.807) is 0 Å². The predicted octanol–water partition coefficient (Wildman–Crippen LogP) is 7.66. The number of thioether (sulfide) groups is 1. The Morgan fingerprint density at radius 2 is 1.81 bits per heavy atom. The van der Waals surface area contributed by atoms with Gasteiger partial charge in [-0.1, -0.05) is 52.3 Å². The summed E-state index contributed by atoms with van der Waals surface area (Å²) in [7, 11) is 0. The van der Waals surface area contributed by atoms with Crippen LogP contribution in [0, 0.1) is 13.8 Å². The number of hydrogen-bond donors (Lipinski definition) is 1. The van der Waals surface area contributed by atoms with Gasteiger partial charge in [-0.3, -0.25) is 4.79 Å². The number of amides is 1. The van der Waals surface area contributed by atoms with Gasteiger partial charge >= 0.3 is 0 Å². The second kappa shape index (κ2) is 12.3. The third-order valence-corrected chi connectivity index (χ3v) is 7.81. The number of ether oxygens (including phenoxy) is 2. The molecule has 0 aliphatic carbocycles. The Hall–Kier alpha value is -3.29. The summed E-state index contributed by atoms with van der Waals surface area (Å²) >= 11 is 4.91. The number of amidine groups is 1. The van der Waals surface area contributed by atoms with Crippen LogP contribution in [0.2, 0.25) is 0 Å². The van der Waals surface area contributed by atoms with Gasteiger partial charge in [-0.25, -0.2) is 4.99 Å². The number of rotatable bonds is 9. The molecule has 0 saturated carbocycles. The summed E-state index contributed by atoms with van der Waals surface area (Å²) in [5.41, 5.74) is 5.86. The molecule has 0 atom stereocenters. The van der Waals surface area contributed by atoms with Crippen molar-refractivity contribution in [1.82, 2.24) is 5.32 Å². The van der Waals surface area contributed by atoms with Gasteiger partial charge in [0, 0.05) is 10.0 Å². The molecule has 0 spiro atoms. The molecule has 7 heteroatoms. The van der Waals surface area contributed by atoms with Crippen LogP contribution in [0.1, 0.15) is 34.7 Å². The van der Waals surface area contributed by atoms with E-state index in [1.807, 2.05) is 87.5 Å². The average Bonchev–Trinajstić information content (AvgIpc) is 3.21. The van der Waals surface area contributed by atoms with Crippen LogP contribution in [0.4, 0.5) is 5.69 Å². The van der Waals surface area contributed by atoms with Crippen molar-refractivity contribution < 1.29 is 14.3 Å². The predicted molar refractivity (Wildman–Crippen MR) is 157 cm³/mol. The van der Waals surface area contributed by atoms with Gasteiger partial charge in [0.2, 0.25) is 0 Å². The summed E-state index contributed by atoms with van der Waals surface area (Å²) in [4.78, 5) is 18.0. The van der Waals surface area contributed by atoms with Crippen molar-refractivity contribution >= 4 is 50.5 Å². The van der Waals surface area contributed by atoms with Gasteiger partial charge in [-0.2, -0.15) is 0 Å². The molecule has 0 unspecified atom stereocenters. The quantitative estimate of drug-likeness (QED) is 0.210. The molecular weight excluding hydrogens is 548 g/mol. The molecule has 1 fully saturated rings. The van der Waals surface area contributed by atoms with Gasteiger partial charge in [0.1, 0.15) is 6.61 Å². The number of allylic oxidation sites excluding steroid dienone is 1. The largest absolute Gasteiger partial charge is 0.490 e. The first kappa shape index (κ1) is 26.8. The van der Waals surface area contributed by atoms with E-state index < -0.39 is 0 Å². The normalized spacial score (nSPS) is 15.2. The highest BCUT2D eigenvalue weighted by Crippen LogP contribution is 2.37. The van der Waals surface area contributed by atoms with Crippen LogP contribution in [-0.4, -0.2) is 17.7 Å². The van der Waals surface area contributed by atoms with Crippen molar-refractivity contribution in [3.63, 3.8) is 0 Å². The standard InChI is InChI=1S/C30H29BrN2O3S/c1-5-10-23-15-22(16-25(35-6-2)28(23)36-18-21-11-8-7-9-12-21)17-26-29(34)33-30(37-26)32-24-13-19(3)27(31)20(4)14-24/h5,7-9,11-17H,1,6,10,18H2,2-4H3,(H,32,33,34)/b26-17-. The highest BCUT2D eigenvalue weighted by atomic mass is 79.9. The first-order valence-corrected chi connectivity index (χ1v) is 13.6. The third-order valence-electron chi connectivity index (χ3n) is 5.64. The topological polar surface area (TPSA) is 59.9 Å². The lowest BCUT2D eigenvalue weighted by atomic mass is 10.0. The molecule has 1 aliphatic heterocycles. The number of aliphatic imine (C=N–C) groups is 1. The maximum Gasteiger partial charge on any atom is 0.264 e. The average molecular weight is 578 g/mol. The zero-order valence-corrected chi connectivity index (χ0v) is 23.5. The van der Waals surface area contributed by atoms with E-state index in [-0.39, 0.29) is 5.91 Å². The van der Waals surface area contributed by atoms with Crippen LogP contribution in [0.5, 0.6) is 11.5 Å². The van der Waals surface area contributed by atoms with E-state index in [2.05, 4.69) is 32.8 Å². The highest BCUT2D eigenvalue weighted by molar-refractivity contribution is 9.10. The molecule has 37 heavy (non-hydrogen) atoms. The lowest BCUT2D eigenvalue weighted by molar-refractivity contribution is -0.115. The van der Waals surface area contributed by atoms with Crippen LogP contribution < -0.4 is 14.8 Å². The van der Waals surface area contributed by atoms with Crippen LogP contribution in [-0.2, 0) is 17.8 Å². The minimum atomic E-state index is -0.179. The first-order chi connectivity index (χ1) is 17.9. The lowest BCUT2D eigenvalue weighted by Gasteiger charge is -2.17. The van der Waals surface area contributed by atoms with Gasteiger partial charge in [0.25, 0.3) is 5.91 Å². The number of aryl methyl sites for hydroxylation is 2. The molecule has 0 radical (unpaired) electrons. The second-order valence-electron chi connectivity index (χ2n) is 8.58. The maximum atomic E-state index is 12.8. The van der Waals surface area contributed by atoms with Crippen LogP contribution in [0.3, 0.4) is 0 Å². The monoisotopic (exact) mass is 576 g/mol. The van der Waals surface area contributed by atoms with Gasteiger partial charge in [-0.05, 0) is 91.5 Å². The van der Waals surface area contributed by atoms with Crippen LogP contribution in [0.25, 0.3) is 6.08 Å². The van der Waals surface area contributed by atoms with Crippen LogP contribution >= 0.6 is 27.7 Å². The Balaban J connectivity index is 1.63. The van der Waals surface area contributed by atoms with Crippen molar-refractivity contribution in [1.29, 1.82) is 0 Å². The minimum Gasteiger partial charge on any atom is -0.490 e. The van der Waals surface area contributed by atoms with Gasteiger partial charge in [0.15, 0.2) is 16.7 Å². The second-order valence-corrected chi connectivity index (χ2v) is 10.4. The van der Waals surface area contributed by atoms with Gasteiger partial charge in [0.05, 0.1) is 17.2 Å². The summed E-state index contributed by atoms with van der Waals surface area (Å²) in [6.07, 6.45) is 4.30. The SMILES string of the molecule is C=CCc1cc(/C=C2\SC(=Nc3cc(C)c(Br)c(C)c3)NC2=O)cc(OCC)c1OCc1ccccc1. The van der Waals surface area contributed by atoms with E-state index in [4.69, 9.17) is 9.47 Å². The van der Waals surface area contributed by atoms with E-state index in [0.29, 0.717) is 41.2 Å². The number of nitrogens with one attached hydrogen (secondary N) is 1. The molecule has 3 aromatic rings. The summed E-state index contributed by atoms with van der Waals surface area (Å²) in [5, 5.41) is 3.43. The third kappa shape index (κ3) is 6.73. The number of hydrogen-bond acceptors (Lipinski definition) is 5. The number of carbonyl (C=O) groups excluding carboxylic acids is 1. The fourth-order valence-electron chi connectivity index (χ4n) is 3.97. The van der Waals surface area contributed by atoms with Crippen molar-refractivity contribution in [3.8, 4) is 11.5 Å². The van der Waals surface area contributed by atoms with E-state index in [1.165, 1.54) is 11.8 Å². The molecule has 4 rings (SSSR count). The molecule has 0 bridgehead atoms. The fraction of sp³-hybridized carbons (Fsp3) is 0.200. The van der Waals surface area contributed by atoms with Gasteiger partial charge in [-0.15, -0.1) is 6.58 Å². The Morgan fingerprint density at radius 1 is 1.08 bits per heavy atom. The maximum absolute atomic E-state index is 12.8. The Kier molecular flexibility index (Phi) is 8.90. The van der Waals surface area contributed by atoms with E-state index in [0.717, 1.165) is 38.0 Å². The van der Waals surface area contributed by atoms with Crippen molar-refractivity contribution in [2.45, 2.75) is 33.8 Å².